The number of aliphatic hydroxyl groups is 2. The third kappa shape index (κ3) is 4.96. The Morgan fingerprint density at radius 3 is 2.77 bits per heavy atom. The number of ether oxygens (including phenoxy) is 1. The maximum atomic E-state index is 13.3. The predicted molar refractivity (Wildman–Crippen MR) is 146 cm³/mol. The zero-order valence-electron chi connectivity index (χ0n) is 21.8. The fraction of sp³-hybridized carbons (Fsp3) is 0.393. The van der Waals surface area contributed by atoms with Crippen molar-refractivity contribution in [2.24, 2.45) is 0 Å². The van der Waals surface area contributed by atoms with Crippen LogP contribution in [0.25, 0.3) is 21.9 Å². The van der Waals surface area contributed by atoms with Crippen molar-refractivity contribution in [3.05, 3.63) is 60.7 Å². The van der Waals surface area contributed by atoms with Crippen LogP contribution in [0.4, 0.5) is 5.82 Å². The summed E-state index contributed by atoms with van der Waals surface area (Å²) in [5.41, 5.74) is 1.40. The van der Waals surface area contributed by atoms with E-state index >= 15 is 0 Å². The lowest BCUT2D eigenvalue weighted by atomic mass is 10.0. The largest absolute Gasteiger partial charge is 0.394 e. The molecule has 208 valence electrons. The number of aliphatic hydroxyl groups excluding tert-OH is 2. The molecule has 2 amide bonds. The molecule has 40 heavy (non-hydrogen) atoms. The first-order chi connectivity index (χ1) is 19.5. The first-order valence-electron chi connectivity index (χ1n) is 13.5. The molecular formula is C28H31N7O5. The highest BCUT2D eigenvalue weighted by Crippen LogP contribution is 2.32. The number of hydrogen-bond donors (Lipinski definition) is 4. The fourth-order valence-corrected chi connectivity index (χ4v) is 5.44. The van der Waals surface area contributed by atoms with E-state index in [0.717, 1.165) is 30.2 Å². The number of benzene rings is 2. The summed E-state index contributed by atoms with van der Waals surface area (Å²) in [6, 6.07) is 12.3. The number of amides is 2. The molecule has 4 atom stereocenters. The van der Waals surface area contributed by atoms with Gasteiger partial charge >= 0.3 is 0 Å². The summed E-state index contributed by atoms with van der Waals surface area (Å²) in [6.07, 6.45) is 2.29. The van der Waals surface area contributed by atoms with E-state index in [9.17, 15) is 19.8 Å². The Morgan fingerprint density at radius 1 is 1.12 bits per heavy atom. The summed E-state index contributed by atoms with van der Waals surface area (Å²) < 4.78 is 7.62. The predicted octanol–water partition coefficient (Wildman–Crippen LogP) is 1.45. The van der Waals surface area contributed by atoms with Gasteiger partial charge in [-0.05, 0) is 35.7 Å². The van der Waals surface area contributed by atoms with Gasteiger partial charge in [0.2, 0.25) is 5.91 Å². The minimum absolute atomic E-state index is 0.199. The zero-order valence-corrected chi connectivity index (χ0v) is 21.8. The number of nitrogens with zero attached hydrogens (tertiary/aromatic N) is 5. The molecular weight excluding hydrogens is 514 g/mol. The van der Waals surface area contributed by atoms with Crippen LogP contribution in [0, 0.1) is 0 Å². The molecule has 0 bridgehead atoms. The van der Waals surface area contributed by atoms with Gasteiger partial charge < -0.3 is 30.5 Å². The summed E-state index contributed by atoms with van der Waals surface area (Å²) in [4.78, 5) is 40.2. The lowest BCUT2D eigenvalue weighted by Gasteiger charge is -2.23. The second-order valence-corrected chi connectivity index (χ2v) is 10.1. The summed E-state index contributed by atoms with van der Waals surface area (Å²) in [7, 11) is 0. The highest BCUT2D eigenvalue weighted by atomic mass is 16.5. The number of hydrogen-bond acceptors (Lipinski definition) is 9. The number of carbonyl (C=O) groups excluding carboxylic acids is 2. The van der Waals surface area contributed by atoms with Crippen molar-refractivity contribution in [3.8, 4) is 0 Å². The van der Waals surface area contributed by atoms with Crippen LogP contribution >= 0.6 is 0 Å². The van der Waals surface area contributed by atoms with Gasteiger partial charge in [-0.25, -0.2) is 15.0 Å². The van der Waals surface area contributed by atoms with Gasteiger partial charge in [0.1, 0.15) is 24.6 Å². The quantitative estimate of drug-likeness (QED) is 0.229. The van der Waals surface area contributed by atoms with Crippen LogP contribution in [0.15, 0.2) is 55.1 Å². The smallest absolute Gasteiger partial charge is 0.251 e. The van der Waals surface area contributed by atoms with Crippen LogP contribution in [0.2, 0.25) is 0 Å². The van der Waals surface area contributed by atoms with Crippen LogP contribution in [0.5, 0.6) is 0 Å². The Bertz CT molecular complexity index is 1540. The average molecular weight is 546 g/mol. The van der Waals surface area contributed by atoms with Gasteiger partial charge in [0.25, 0.3) is 5.91 Å². The Balaban J connectivity index is 1.20. The second kappa shape index (κ2) is 11.2. The Hall–Kier alpha value is -4.13. The molecule has 2 aliphatic heterocycles. The average Bonchev–Trinajstić information content (AvgIpc) is 3.68. The van der Waals surface area contributed by atoms with Gasteiger partial charge in [0.05, 0.1) is 12.9 Å². The number of fused-ring (bicyclic) bond motifs is 2. The van der Waals surface area contributed by atoms with Crippen LogP contribution in [-0.4, -0.2) is 90.9 Å². The number of likely N-dealkylation sites (tertiary alicyclic amines) is 1. The number of aromatic nitrogens is 4. The van der Waals surface area contributed by atoms with Crippen molar-refractivity contribution in [1.82, 2.24) is 29.7 Å². The lowest BCUT2D eigenvalue weighted by molar-refractivity contribution is -0.127. The molecule has 4 aromatic rings. The maximum Gasteiger partial charge on any atom is 0.251 e. The summed E-state index contributed by atoms with van der Waals surface area (Å²) in [5, 5.41) is 28.9. The molecule has 6 rings (SSSR count). The lowest BCUT2D eigenvalue weighted by Crippen LogP contribution is -2.46. The topological polar surface area (TPSA) is 155 Å². The van der Waals surface area contributed by atoms with Crippen LogP contribution < -0.4 is 10.6 Å². The van der Waals surface area contributed by atoms with Gasteiger partial charge in [-0.1, -0.05) is 30.3 Å². The van der Waals surface area contributed by atoms with Gasteiger partial charge in [-0.15, -0.1) is 0 Å². The third-order valence-electron chi connectivity index (χ3n) is 7.56. The molecule has 2 aromatic carbocycles. The molecule has 2 aromatic heterocycles. The number of imidazole rings is 1. The van der Waals surface area contributed by atoms with E-state index in [4.69, 9.17) is 4.74 Å². The number of anilines is 1. The maximum absolute atomic E-state index is 13.3. The summed E-state index contributed by atoms with van der Waals surface area (Å²) in [6.45, 7) is 1.66. The molecule has 2 fully saturated rings. The van der Waals surface area contributed by atoms with Crippen molar-refractivity contribution in [3.63, 3.8) is 0 Å². The van der Waals surface area contributed by atoms with Crippen LogP contribution in [-0.2, 0) is 9.53 Å². The van der Waals surface area contributed by atoms with E-state index in [0.29, 0.717) is 42.1 Å². The molecule has 0 saturated carbocycles. The minimum atomic E-state index is -1.16. The minimum Gasteiger partial charge on any atom is -0.394 e. The molecule has 4 heterocycles. The van der Waals surface area contributed by atoms with Crippen molar-refractivity contribution >= 4 is 39.6 Å². The standard InChI is InChI=1S/C28H31N7O5/c36-14-20-24(38)22(33-27(39)19-9-8-17-5-1-2-6-18(17)13-19)28(40-20)35-16-32-23-25(30-15-31-26(23)35)29-10-4-12-34-11-3-7-21(34)37/h1-2,5-6,8-9,13,15-16,20,22,24,28,36,38H,3-4,7,10-12,14H2,(H,33,39)(H,29,30,31)/t20-,22-,24-,28-/m1/s1. The Labute approximate surface area is 230 Å². The van der Waals surface area contributed by atoms with Gasteiger partial charge in [-0.3, -0.25) is 14.2 Å². The molecule has 0 radical (unpaired) electrons. The Morgan fingerprint density at radius 2 is 1.98 bits per heavy atom. The molecule has 12 heteroatoms. The van der Waals surface area contributed by atoms with E-state index in [1.54, 1.807) is 16.7 Å². The summed E-state index contributed by atoms with van der Waals surface area (Å²) in [5.74, 6) is 0.357. The molecule has 2 saturated heterocycles. The van der Waals surface area contributed by atoms with Gasteiger partial charge in [-0.2, -0.15) is 0 Å². The zero-order chi connectivity index (χ0) is 27.6. The molecule has 0 aliphatic carbocycles. The molecule has 4 N–H and O–H groups in total. The van der Waals surface area contributed by atoms with Gasteiger partial charge in [0.15, 0.2) is 23.2 Å². The number of carbonyl (C=O) groups is 2. The van der Waals surface area contributed by atoms with Crippen LogP contribution in [0.1, 0.15) is 35.8 Å². The van der Waals surface area contributed by atoms with E-state index < -0.39 is 31.1 Å². The van der Waals surface area contributed by atoms with E-state index in [-0.39, 0.29) is 11.8 Å². The summed E-state index contributed by atoms with van der Waals surface area (Å²) >= 11 is 0. The molecule has 12 nitrogen and oxygen atoms in total. The van der Waals surface area contributed by atoms with Crippen molar-refractivity contribution < 1.29 is 24.5 Å². The van der Waals surface area contributed by atoms with Crippen LogP contribution in [0.3, 0.4) is 0 Å². The monoisotopic (exact) mass is 545 g/mol. The highest BCUT2D eigenvalue weighted by molar-refractivity contribution is 5.98. The third-order valence-corrected chi connectivity index (χ3v) is 7.56. The van der Waals surface area contributed by atoms with E-state index in [2.05, 4.69) is 25.6 Å². The normalized spacial score (nSPS) is 22.9. The number of nitrogens with one attached hydrogen (secondary N) is 2. The van der Waals surface area contributed by atoms with E-state index in [1.165, 1.54) is 12.7 Å². The first kappa shape index (κ1) is 26.1. The van der Waals surface area contributed by atoms with E-state index in [1.807, 2.05) is 35.2 Å². The SMILES string of the molecule is O=C(N[C@@H]1[C@H](O)[C@@H](CO)O[C@H]1n1cnc2c(NCCCN3CCCC3=O)ncnc21)c1ccc2ccccc2c1. The molecule has 0 spiro atoms. The molecule has 2 aliphatic rings. The first-order valence-corrected chi connectivity index (χ1v) is 13.5. The highest BCUT2D eigenvalue weighted by Gasteiger charge is 2.46. The Kier molecular flexibility index (Phi) is 7.29. The van der Waals surface area contributed by atoms with Crippen molar-refractivity contribution in [2.45, 2.75) is 43.7 Å². The van der Waals surface area contributed by atoms with Crippen molar-refractivity contribution in [1.29, 1.82) is 0 Å². The number of rotatable bonds is 9. The molecule has 0 unspecified atom stereocenters. The van der Waals surface area contributed by atoms with Gasteiger partial charge in [0, 0.05) is 31.6 Å². The second-order valence-electron chi connectivity index (χ2n) is 10.1. The fourth-order valence-electron chi connectivity index (χ4n) is 5.44. The van der Waals surface area contributed by atoms with Crippen molar-refractivity contribution in [2.75, 3.05) is 31.6 Å².